The van der Waals surface area contributed by atoms with Crippen molar-refractivity contribution in [1.82, 2.24) is 4.98 Å². The Kier molecular flexibility index (Phi) is 4.80. The zero-order valence-corrected chi connectivity index (χ0v) is 13.1. The molecule has 0 saturated carbocycles. The fraction of sp³-hybridized carbons (Fsp3) is 0.375. The lowest BCUT2D eigenvalue weighted by Gasteiger charge is -2.19. The lowest BCUT2D eigenvalue weighted by Crippen LogP contribution is -2.22. The van der Waals surface area contributed by atoms with Crippen molar-refractivity contribution < 1.29 is 14.3 Å². The molecule has 0 aliphatic carbocycles. The van der Waals surface area contributed by atoms with Gasteiger partial charge in [-0.3, -0.25) is 0 Å². The van der Waals surface area contributed by atoms with Crippen molar-refractivity contribution in [3.8, 4) is 0 Å². The largest absolute Gasteiger partial charge is 0.459 e. The Morgan fingerprint density at radius 3 is 2.67 bits per heavy atom. The lowest BCUT2D eigenvalue weighted by molar-refractivity contribution is -0.0283. The van der Waals surface area contributed by atoms with Gasteiger partial charge in [0.1, 0.15) is 6.61 Å². The number of ether oxygens (including phenoxy) is 2. The number of para-hydroxylation sites is 1. The van der Waals surface area contributed by atoms with Crippen LogP contribution in [0.15, 0.2) is 30.3 Å². The zero-order chi connectivity index (χ0) is 15.5. The van der Waals surface area contributed by atoms with Crippen LogP contribution >= 0.6 is 11.6 Å². The topological polar surface area (TPSA) is 48.4 Å². The van der Waals surface area contributed by atoms with Crippen LogP contribution < -0.4 is 0 Å². The van der Waals surface area contributed by atoms with Gasteiger partial charge in [0.2, 0.25) is 0 Å². The van der Waals surface area contributed by atoms with Crippen molar-refractivity contribution >= 4 is 28.5 Å². The second kappa shape index (κ2) is 6.41. The van der Waals surface area contributed by atoms with E-state index in [2.05, 4.69) is 4.98 Å². The standard InChI is InChI=1S/C16H18ClNO3/c1-16(2,3)21-9-8-20-15(19)14-10-12(17)11-6-4-5-7-13(11)18-14/h4-7,10H,8-9H2,1-3H3. The summed E-state index contributed by atoms with van der Waals surface area (Å²) in [6.07, 6.45) is 0. The number of carbonyl (C=O) groups excluding carboxylic acids is 1. The molecule has 0 radical (unpaired) electrons. The Morgan fingerprint density at radius 2 is 1.95 bits per heavy atom. The number of hydrogen-bond acceptors (Lipinski definition) is 4. The van der Waals surface area contributed by atoms with E-state index in [9.17, 15) is 4.79 Å². The van der Waals surface area contributed by atoms with Gasteiger partial charge in [0.05, 0.1) is 22.7 Å². The summed E-state index contributed by atoms with van der Waals surface area (Å²) in [4.78, 5) is 16.2. The summed E-state index contributed by atoms with van der Waals surface area (Å²) < 4.78 is 10.6. The fourth-order valence-corrected chi connectivity index (χ4v) is 2.06. The van der Waals surface area contributed by atoms with E-state index in [4.69, 9.17) is 21.1 Å². The summed E-state index contributed by atoms with van der Waals surface area (Å²) in [6.45, 7) is 6.36. The molecule has 2 aromatic rings. The van der Waals surface area contributed by atoms with Gasteiger partial charge in [0.15, 0.2) is 5.69 Å². The number of halogens is 1. The van der Waals surface area contributed by atoms with Crippen LogP contribution in [0.1, 0.15) is 31.3 Å². The minimum Gasteiger partial charge on any atom is -0.459 e. The lowest BCUT2D eigenvalue weighted by atomic mass is 10.2. The summed E-state index contributed by atoms with van der Waals surface area (Å²) in [7, 11) is 0. The molecule has 0 saturated heterocycles. The van der Waals surface area contributed by atoms with Crippen LogP contribution in [-0.4, -0.2) is 29.8 Å². The van der Waals surface area contributed by atoms with Gasteiger partial charge in [0.25, 0.3) is 0 Å². The van der Waals surface area contributed by atoms with E-state index in [1.807, 2.05) is 39.0 Å². The van der Waals surface area contributed by atoms with Crippen molar-refractivity contribution in [3.63, 3.8) is 0 Å². The first kappa shape index (κ1) is 15.7. The van der Waals surface area contributed by atoms with E-state index >= 15 is 0 Å². The Bertz CT molecular complexity index is 650. The van der Waals surface area contributed by atoms with Gasteiger partial charge in [-0.1, -0.05) is 29.8 Å². The van der Waals surface area contributed by atoms with Gasteiger partial charge in [-0.05, 0) is 32.9 Å². The number of fused-ring (bicyclic) bond motifs is 1. The molecule has 0 unspecified atom stereocenters. The minimum absolute atomic E-state index is 0.183. The fourth-order valence-electron chi connectivity index (χ4n) is 1.79. The highest BCUT2D eigenvalue weighted by Crippen LogP contribution is 2.23. The normalized spacial score (nSPS) is 11.6. The van der Waals surface area contributed by atoms with Gasteiger partial charge < -0.3 is 9.47 Å². The van der Waals surface area contributed by atoms with E-state index in [-0.39, 0.29) is 17.9 Å². The van der Waals surface area contributed by atoms with Gasteiger partial charge in [-0.2, -0.15) is 0 Å². The van der Waals surface area contributed by atoms with Crippen molar-refractivity contribution in [2.24, 2.45) is 0 Å². The zero-order valence-electron chi connectivity index (χ0n) is 12.4. The maximum atomic E-state index is 12.0. The molecule has 0 aliphatic heterocycles. The first-order valence-electron chi connectivity index (χ1n) is 6.73. The van der Waals surface area contributed by atoms with Crippen LogP contribution in [-0.2, 0) is 9.47 Å². The molecule has 4 nitrogen and oxygen atoms in total. The quantitative estimate of drug-likeness (QED) is 0.635. The molecule has 1 aromatic carbocycles. The van der Waals surface area contributed by atoms with Crippen molar-refractivity contribution in [3.05, 3.63) is 41.0 Å². The van der Waals surface area contributed by atoms with E-state index in [0.29, 0.717) is 17.1 Å². The summed E-state index contributed by atoms with van der Waals surface area (Å²) in [5.41, 5.74) is 0.619. The minimum atomic E-state index is -0.500. The molecule has 1 heterocycles. The Morgan fingerprint density at radius 1 is 1.24 bits per heavy atom. The number of esters is 1. The van der Waals surface area contributed by atoms with E-state index in [0.717, 1.165) is 5.39 Å². The Hall–Kier alpha value is -1.65. The Balaban J connectivity index is 2.03. The maximum absolute atomic E-state index is 12.0. The molecule has 0 N–H and O–H groups in total. The monoisotopic (exact) mass is 307 g/mol. The predicted molar refractivity (Wildman–Crippen MR) is 82.7 cm³/mol. The number of rotatable bonds is 4. The number of pyridine rings is 1. The molecule has 21 heavy (non-hydrogen) atoms. The van der Waals surface area contributed by atoms with Crippen LogP contribution in [0.25, 0.3) is 10.9 Å². The van der Waals surface area contributed by atoms with Crippen LogP contribution in [0.2, 0.25) is 5.02 Å². The number of hydrogen-bond donors (Lipinski definition) is 0. The number of benzene rings is 1. The molecule has 0 amide bonds. The van der Waals surface area contributed by atoms with E-state index < -0.39 is 5.97 Å². The third kappa shape index (κ3) is 4.41. The molecule has 0 atom stereocenters. The summed E-state index contributed by atoms with van der Waals surface area (Å²) in [5, 5.41) is 1.30. The van der Waals surface area contributed by atoms with Crippen LogP contribution in [0.4, 0.5) is 0 Å². The molecule has 112 valence electrons. The number of aromatic nitrogens is 1. The molecule has 2 rings (SSSR count). The molecular weight excluding hydrogens is 290 g/mol. The molecule has 5 heteroatoms. The second-order valence-corrected chi connectivity index (χ2v) is 6.01. The summed E-state index contributed by atoms with van der Waals surface area (Å²) in [6, 6.07) is 8.91. The number of nitrogens with zero attached hydrogens (tertiary/aromatic N) is 1. The van der Waals surface area contributed by atoms with E-state index in [1.165, 1.54) is 6.07 Å². The first-order valence-corrected chi connectivity index (χ1v) is 7.11. The van der Waals surface area contributed by atoms with Crippen molar-refractivity contribution in [2.75, 3.05) is 13.2 Å². The van der Waals surface area contributed by atoms with Crippen molar-refractivity contribution in [1.29, 1.82) is 0 Å². The highest BCUT2D eigenvalue weighted by Gasteiger charge is 2.14. The van der Waals surface area contributed by atoms with Crippen LogP contribution in [0.3, 0.4) is 0 Å². The maximum Gasteiger partial charge on any atom is 0.357 e. The third-order valence-corrected chi connectivity index (χ3v) is 3.04. The van der Waals surface area contributed by atoms with Crippen molar-refractivity contribution in [2.45, 2.75) is 26.4 Å². The molecular formula is C16H18ClNO3. The third-order valence-electron chi connectivity index (χ3n) is 2.73. The molecule has 0 aliphatic rings. The van der Waals surface area contributed by atoms with Gasteiger partial charge in [-0.25, -0.2) is 9.78 Å². The summed E-state index contributed by atoms with van der Waals surface area (Å²) in [5.74, 6) is -0.500. The first-order chi connectivity index (χ1) is 9.87. The van der Waals surface area contributed by atoms with Crippen LogP contribution in [0, 0.1) is 0 Å². The van der Waals surface area contributed by atoms with Crippen LogP contribution in [0.5, 0.6) is 0 Å². The molecule has 0 bridgehead atoms. The average Bonchev–Trinajstić information content (AvgIpc) is 2.42. The van der Waals surface area contributed by atoms with Gasteiger partial charge >= 0.3 is 5.97 Å². The van der Waals surface area contributed by atoms with E-state index in [1.54, 1.807) is 6.07 Å². The number of carbonyl (C=O) groups is 1. The molecule has 1 aromatic heterocycles. The second-order valence-electron chi connectivity index (χ2n) is 5.60. The highest BCUT2D eigenvalue weighted by atomic mass is 35.5. The Labute approximate surface area is 129 Å². The van der Waals surface area contributed by atoms with Gasteiger partial charge in [0, 0.05) is 5.39 Å². The SMILES string of the molecule is CC(C)(C)OCCOC(=O)c1cc(Cl)c2ccccc2n1. The highest BCUT2D eigenvalue weighted by molar-refractivity contribution is 6.35. The average molecular weight is 308 g/mol. The molecule has 0 spiro atoms. The summed E-state index contributed by atoms with van der Waals surface area (Å²) >= 11 is 6.15. The molecule has 0 fully saturated rings. The van der Waals surface area contributed by atoms with Gasteiger partial charge in [-0.15, -0.1) is 0 Å². The predicted octanol–water partition coefficient (Wildman–Crippen LogP) is 3.86. The smallest absolute Gasteiger partial charge is 0.357 e.